The third-order valence-corrected chi connectivity index (χ3v) is 3.34. The Morgan fingerprint density at radius 2 is 1.79 bits per heavy atom. The van der Waals surface area contributed by atoms with Gasteiger partial charge >= 0.3 is 5.97 Å². The van der Waals surface area contributed by atoms with Crippen molar-refractivity contribution in [1.29, 1.82) is 0 Å². The lowest BCUT2D eigenvalue weighted by atomic mass is 9.80. The molecule has 3 heteroatoms. The van der Waals surface area contributed by atoms with Crippen molar-refractivity contribution in [1.82, 2.24) is 0 Å². The summed E-state index contributed by atoms with van der Waals surface area (Å²) in [6.45, 7) is 2.10. The van der Waals surface area contributed by atoms with Crippen molar-refractivity contribution in [2.75, 3.05) is 14.2 Å². The van der Waals surface area contributed by atoms with Crippen molar-refractivity contribution in [3.8, 4) is 0 Å². The van der Waals surface area contributed by atoms with Crippen molar-refractivity contribution in [3.63, 3.8) is 0 Å². The van der Waals surface area contributed by atoms with Gasteiger partial charge in [-0.1, -0.05) is 0 Å². The maximum absolute atomic E-state index is 11.3. The minimum Gasteiger partial charge on any atom is -0.469 e. The van der Waals surface area contributed by atoms with E-state index in [-0.39, 0.29) is 11.9 Å². The minimum atomic E-state index is -0.0477. The van der Waals surface area contributed by atoms with Crippen LogP contribution in [0.15, 0.2) is 0 Å². The van der Waals surface area contributed by atoms with E-state index in [0.717, 1.165) is 25.7 Å². The summed E-state index contributed by atoms with van der Waals surface area (Å²) in [4.78, 5) is 11.3. The Kier molecular flexibility index (Phi) is 4.39. The maximum Gasteiger partial charge on any atom is 0.308 e. The first kappa shape index (κ1) is 11.5. The molecule has 0 saturated heterocycles. The van der Waals surface area contributed by atoms with E-state index in [9.17, 15) is 4.79 Å². The summed E-state index contributed by atoms with van der Waals surface area (Å²) < 4.78 is 10.0. The van der Waals surface area contributed by atoms with E-state index < -0.39 is 0 Å². The molecule has 0 spiro atoms. The molecule has 1 rings (SSSR count). The van der Waals surface area contributed by atoms with Gasteiger partial charge in [-0.3, -0.25) is 4.79 Å². The topological polar surface area (TPSA) is 35.5 Å². The van der Waals surface area contributed by atoms with Crippen LogP contribution in [0.3, 0.4) is 0 Å². The summed E-state index contributed by atoms with van der Waals surface area (Å²) in [5.41, 5.74) is 0. The van der Waals surface area contributed by atoms with Crippen molar-refractivity contribution in [3.05, 3.63) is 0 Å². The van der Waals surface area contributed by atoms with E-state index >= 15 is 0 Å². The highest BCUT2D eigenvalue weighted by molar-refractivity contribution is 5.72. The fourth-order valence-corrected chi connectivity index (χ4v) is 2.18. The van der Waals surface area contributed by atoms with Gasteiger partial charge in [0.15, 0.2) is 0 Å². The number of rotatable bonds is 3. The number of methoxy groups -OCH3 is 2. The minimum absolute atomic E-state index is 0.0477. The molecule has 0 heterocycles. The third kappa shape index (κ3) is 2.71. The van der Waals surface area contributed by atoms with E-state index in [1.165, 1.54) is 7.11 Å². The van der Waals surface area contributed by atoms with Crippen molar-refractivity contribution in [2.24, 2.45) is 11.8 Å². The molecule has 1 saturated carbocycles. The van der Waals surface area contributed by atoms with Gasteiger partial charge in [0.2, 0.25) is 0 Å². The molecule has 0 aliphatic heterocycles. The van der Waals surface area contributed by atoms with Gasteiger partial charge in [0, 0.05) is 7.11 Å². The second-order valence-corrected chi connectivity index (χ2v) is 4.08. The SMILES string of the molecule is COC(=O)C1CCC([C@@H](C)OC)CC1. The summed E-state index contributed by atoms with van der Waals surface area (Å²) in [6, 6.07) is 0. The molecule has 0 bridgehead atoms. The second-order valence-electron chi connectivity index (χ2n) is 4.08. The quantitative estimate of drug-likeness (QED) is 0.654. The highest BCUT2D eigenvalue weighted by atomic mass is 16.5. The van der Waals surface area contributed by atoms with Crippen molar-refractivity contribution >= 4 is 5.97 Å². The van der Waals surface area contributed by atoms with Crippen LogP contribution >= 0.6 is 0 Å². The van der Waals surface area contributed by atoms with Gasteiger partial charge in [0.1, 0.15) is 0 Å². The third-order valence-electron chi connectivity index (χ3n) is 3.34. The summed E-state index contributed by atoms with van der Waals surface area (Å²) >= 11 is 0. The highest BCUT2D eigenvalue weighted by Crippen LogP contribution is 2.32. The molecule has 1 fully saturated rings. The van der Waals surface area contributed by atoms with Crippen LogP contribution in [0.5, 0.6) is 0 Å². The molecule has 0 unspecified atom stereocenters. The van der Waals surface area contributed by atoms with E-state index in [1.54, 1.807) is 7.11 Å². The predicted octanol–water partition coefficient (Wildman–Crippen LogP) is 2.00. The molecule has 0 N–H and O–H groups in total. The highest BCUT2D eigenvalue weighted by Gasteiger charge is 2.29. The lowest BCUT2D eigenvalue weighted by Gasteiger charge is -2.30. The molecule has 14 heavy (non-hydrogen) atoms. The number of esters is 1. The fraction of sp³-hybridized carbons (Fsp3) is 0.909. The first-order chi connectivity index (χ1) is 6.69. The Morgan fingerprint density at radius 3 is 2.21 bits per heavy atom. The van der Waals surface area contributed by atoms with Crippen LogP contribution in [0, 0.1) is 11.8 Å². The van der Waals surface area contributed by atoms with Gasteiger partial charge in [0.25, 0.3) is 0 Å². The Bertz CT molecular complexity index is 183. The smallest absolute Gasteiger partial charge is 0.308 e. The number of carbonyl (C=O) groups excluding carboxylic acids is 1. The monoisotopic (exact) mass is 200 g/mol. The molecule has 0 aromatic heterocycles. The number of carbonyl (C=O) groups is 1. The fourth-order valence-electron chi connectivity index (χ4n) is 2.18. The molecule has 1 atom stereocenters. The zero-order valence-electron chi connectivity index (χ0n) is 9.29. The van der Waals surface area contributed by atoms with Gasteiger partial charge in [-0.25, -0.2) is 0 Å². The summed E-state index contributed by atoms with van der Waals surface area (Å²) in [5.74, 6) is 0.690. The molecular weight excluding hydrogens is 180 g/mol. The van der Waals surface area contributed by atoms with Crippen LogP contribution in [0.2, 0.25) is 0 Å². The van der Waals surface area contributed by atoms with Crippen LogP contribution in [0.4, 0.5) is 0 Å². The van der Waals surface area contributed by atoms with Crippen LogP contribution in [-0.4, -0.2) is 26.3 Å². The Labute approximate surface area is 85.8 Å². The molecule has 0 radical (unpaired) electrons. The Morgan fingerprint density at radius 1 is 1.21 bits per heavy atom. The van der Waals surface area contributed by atoms with Gasteiger partial charge in [-0.2, -0.15) is 0 Å². The van der Waals surface area contributed by atoms with Gasteiger partial charge in [-0.15, -0.1) is 0 Å². The number of hydrogen-bond acceptors (Lipinski definition) is 3. The van der Waals surface area contributed by atoms with E-state index in [1.807, 2.05) is 0 Å². The predicted molar refractivity (Wildman–Crippen MR) is 53.9 cm³/mol. The summed E-state index contributed by atoms with van der Waals surface area (Å²) in [5, 5.41) is 0. The first-order valence-corrected chi connectivity index (χ1v) is 5.29. The van der Waals surface area contributed by atoms with Crippen molar-refractivity contribution < 1.29 is 14.3 Å². The molecule has 1 aliphatic rings. The van der Waals surface area contributed by atoms with Crippen LogP contribution < -0.4 is 0 Å². The van der Waals surface area contributed by atoms with Crippen molar-refractivity contribution in [2.45, 2.75) is 38.7 Å². The summed E-state index contributed by atoms with van der Waals surface area (Å²) in [6.07, 6.45) is 4.37. The normalized spacial score (nSPS) is 29.6. The average molecular weight is 200 g/mol. The van der Waals surface area contributed by atoms with E-state index in [2.05, 4.69) is 6.92 Å². The average Bonchev–Trinajstić information content (AvgIpc) is 2.27. The van der Waals surface area contributed by atoms with Gasteiger partial charge in [-0.05, 0) is 38.5 Å². The standard InChI is InChI=1S/C11H20O3/c1-8(13-2)9-4-6-10(7-5-9)11(12)14-3/h8-10H,4-7H2,1-3H3/t8-,9?,10?/m1/s1. The molecule has 3 nitrogen and oxygen atoms in total. The zero-order chi connectivity index (χ0) is 10.6. The molecule has 0 aromatic rings. The van der Waals surface area contributed by atoms with Gasteiger partial charge < -0.3 is 9.47 Å². The van der Waals surface area contributed by atoms with Crippen LogP contribution in [-0.2, 0) is 14.3 Å². The zero-order valence-corrected chi connectivity index (χ0v) is 9.29. The lowest BCUT2D eigenvalue weighted by molar-refractivity contribution is -0.147. The maximum atomic E-state index is 11.3. The van der Waals surface area contributed by atoms with Crippen LogP contribution in [0.1, 0.15) is 32.6 Å². The molecule has 82 valence electrons. The molecule has 1 aliphatic carbocycles. The number of hydrogen-bond donors (Lipinski definition) is 0. The summed E-state index contributed by atoms with van der Waals surface area (Å²) in [7, 11) is 3.21. The Hall–Kier alpha value is -0.570. The van der Waals surface area contributed by atoms with E-state index in [4.69, 9.17) is 9.47 Å². The second kappa shape index (κ2) is 5.35. The van der Waals surface area contributed by atoms with Crippen LogP contribution in [0.25, 0.3) is 0 Å². The lowest BCUT2D eigenvalue weighted by Crippen LogP contribution is -2.28. The molecular formula is C11H20O3. The molecule has 0 amide bonds. The first-order valence-electron chi connectivity index (χ1n) is 5.29. The molecule has 0 aromatic carbocycles. The largest absolute Gasteiger partial charge is 0.469 e. The van der Waals surface area contributed by atoms with Gasteiger partial charge in [0.05, 0.1) is 19.1 Å². The number of ether oxygens (including phenoxy) is 2. The Balaban J connectivity index is 2.34. The van der Waals surface area contributed by atoms with E-state index in [0.29, 0.717) is 12.0 Å².